The molecule has 1 nitrogen and oxygen atoms in total. The third-order valence-electron chi connectivity index (χ3n) is 3.48. The van der Waals surface area contributed by atoms with Crippen molar-refractivity contribution in [2.45, 2.75) is 58.4 Å². The van der Waals surface area contributed by atoms with Gasteiger partial charge in [0.25, 0.3) is 0 Å². The maximum absolute atomic E-state index is 3.72. The molecule has 1 N–H and O–H groups in total. The molecule has 18 heavy (non-hydrogen) atoms. The fourth-order valence-electron chi connectivity index (χ4n) is 2.55. The number of hydrogen-bond acceptors (Lipinski definition) is 1. The fourth-order valence-corrected chi connectivity index (χ4v) is 2.81. The molecule has 0 aromatic heterocycles. The van der Waals surface area contributed by atoms with Crippen molar-refractivity contribution < 1.29 is 0 Å². The first-order chi connectivity index (χ1) is 8.72. The molecule has 0 fully saturated rings. The predicted octanol–water partition coefficient (Wildman–Crippen LogP) is 5.11. The van der Waals surface area contributed by atoms with Crippen LogP contribution in [0.1, 0.15) is 57.9 Å². The van der Waals surface area contributed by atoms with Gasteiger partial charge in [-0.15, -0.1) is 0 Å². The van der Waals surface area contributed by atoms with Gasteiger partial charge in [0.15, 0.2) is 0 Å². The van der Waals surface area contributed by atoms with Crippen LogP contribution in [-0.2, 0) is 0 Å². The topological polar surface area (TPSA) is 12.0 Å². The van der Waals surface area contributed by atoms with E-state index in [-0.39, 0.29) is 0 Å². The first kappa shape index (κ1) is 15.7. The van der Waals surface area contributed by atoms with Gasteiger partial charge in [-0.3, -0.25) is 0 Å². The number of nitrogens with one attached hydrogen (secondary N) is 1. The molecule has 1 rings (SSSR count). The van der Waals surface area contributed by atoms with Gasteiger partial charge in [0.05, 0.1) is 0 Å². The minimum atomic E-state index is 0.612. The Bertz CT molecular complexity index is 320. The van der Waals surface area contributed by atoms with Crippen LogP contribution in [0, 0.1) is 0 Å². The molecule has 0 heterocycles. The molecule has 1 aromatic carbocycles. The molecule has 2 atom stereocenters. The predicted molar refractivity (Wildman–Crippen MR) is 84.2 cm³/mol. The molecule has 0 aliphatic heterocycles. The van der Waals surface area contributed by atoms with Crippen LogP contribution in [0.4, 0.5) is 0 Å². The third-order valence-corrected chi connectivity index (χ3v) is 4.01. The number of hydrogen-bond donors (Lipinski definition) is 1. The molecule has 0 aliphatic carbocycles. The summed E-state index contributed by atoms with van der Waals surface area (Å²) < 4.78 is 1.16. The smallest absolute Gasteiger partial charge is 0.0175 e. The van der Waals surface area contributed by atoms with Crippen LogP contribution in [0.25, 0.3) is 0 Å². The zero-order chi connectivity index (χ0) is 13.4. The van der Waals surface area contributed by atoms with Crippen molar-refractivity contribution in [3.8, 4) is 0 Å². The number of halogens is 1. The summed E-state index contributed by atoms with van der Waals surface area (Å²) >= 11 is 3.51. The van der Waals surface area contributed by atoms with Crippen molar-refractivity contribution >= 4 is 15.9 Å². The molecule has 0 bridgehead atoms. The van der Waals surface area contributed by atoms with Crippen LogP contribution in [-0.4, -0.2) is 12.6 Å². The Morgan fingerprint density at radius 1 is 1.06 bits per heavy atom. The maximum Gasteiger partial charge on any atom is 0.0175 e. The molecular formula is C16H26BrN. The highest BCUT2D eigenvalue weighted by molar-refractivity contribution is 9.10. The van der Waals surface area contributed by atoms with E-state index in [1.165, 1.54) is 31.2 Å². The van der Waals surface area contributed by atoms with E-state index in [9.17, 15) is 0 Å². The van der Waals surface area contributed by atoms with Crippen molar-refractivity contribution in [2.24, 2.45) is 0 Å². The van der Waals surface area contributed by atoms with Crippen LogP contribution < -0.4 is 5.32 Å². The highest BCUT2D eigenvalue weighted by Gasteiger charge is 2.20. The zero-order valence-corrected chi connectivity index (χ0v) is 13.5. The lowest BCUT2D eigenvalue weighted by molar-refractivity contribution is 0.396. The summed E-state index contributed by atoms with van der Waals surface area (Å²) in [6.45, 7) is 7.92. The molecule has 0 saturated carbocycles. The molecule has 0 aliphatic rings. The molecule has 2 unspecified atom stereocenters. The Hall–Kier alpha value is -0.340. The summed E-state index contributed by atoms with van der Waals surface area (Å²) in [6, 6.07) is 9.44. The molecule has 102 valence electrons. The van der Waals surface area contributed by atoms with Crippen LogP contribution in [0.15, 0.2) is 28.7 Å². The standard InChI is InChI=1S/C16H26BrN/c1-4-7-16(18-12-5-2)15(6-3)13-8-10-14(17)11-9-13/h8-11,15-16,18H,4-7,12H2,1-3H3. The summed E-state index contributed by atoms with van der Waals surface area (Å²) in [7, 11) is 0. The maximum atomic E-state index is 3.72. The highest BCUT2D eigenvalue weighted by Crippen LogP contribution is 2.27. The van der Waals surface area contributed by atoms with E-state index in [1.54, 1.807) is 0 Å². The summed E-state index contributed by atoms with van der Waals surface area (Å²) in [5.74, 6) is 0.629. The Morgan fingerprint density at radius 3 is 2.22 bits per heavy atom. The second-order valence-electron chi connectivity index (χ2n) is 4.92. The summed E-state index contributed by atoms with van der Waals surface area (Å²) in [5, 5.41) is 3.72. The van der Waals surface area contributed by atoms with E-state index >= 15 is 0 Å². The quantitative estimate of drug-likeness (QED) is 0.703. The lowest BCUT2D eigenvalue weighted by Crippen LogP contribution is -2.35. The molecule has 0 radical (unpaired) electrons. The first-order valence-corrected chi connectivity index (χ1v) is 8.01. The van der Waals surface area contributed by atoms with Crippen molar-refractivity contribution in [2.75, 3.05) is 6.54 Å². The lowest BCUT2D eigenvalue weighted by Gasteiger charge is -2.27. The minimum absolute atomic E-state index is 0.612. The average Bonchev–Trinajstić information content (AvgIpc) is 2.39. The lowest BCUT2D eigenvalue weighted by atomic mass is 9.86. The SMILES string of the molecule is CCCNC(CCC)C(CC)c1ccc(Br)cc1. The summed E-state index contributed by atoms with van der Waals surface area (Å²) in [4.78, 5) is 0. The third kappa shape index (κ3) is 4.74. The number of rotatable bonds is 8. The molecular weight excluding hydrogens is 286 g/mol. The second kappa shape index (κ2) is 8.71. The molecule has 1 aromatic rings. The molecule has 0 amide bonds. The fraction of sp³-hybridized carbons (Fsp3) is 0.625. The van der Waals surface area contributed by atoms with Gasteiger partial charge >= 0.3 is 0 Å². The molecule has 2 heteroatoms. The van der Waals surface area contributed by atoms with E-state index in [4.69, 9.17) is 0 Å². The van der Waals surface area contributed by atoms with Crippen LogP contribution in [0.5, 0.6) is 0 Å². The van der Waals surface area contributed by atoms with E-state index in [2.05, 4.69) is 66.3 Å². The van der Waals surface area contributed by atoms with E-state index in [0.717, 1.165) is 11.0 Å². The van der Waals surface area contributed by atoms with E-state index < -0.39 is 0 Å². The Kier molecular flexibility index (Phi) is 7.60. The van der Waals surface area contributed by atoms with Gasteiger partial charge in [-0.1, -0.05) is 55.3 Å². The van der Waals surface area contributed by atoms with Crippen molar-refractivity contribution in [3.05, 3.63) is 34.3 Å². The normalized spacial score (nSPS) is 14.4. The van der Waals surface area contributed by atoms with Crippen LogP contribution in [0.3, 0.4) is 0 Å². The minimum Gasteiger partial charge on any atom is -0.313 e. The summed E-state index contributed by atoms with van der Waals surface area (Å²) in [5.41, 5.74) is 1.46. The molecule has 0 spiro atoms. The van der Waals surface area contributed by atoms with Crippen LogP contribution >= 0.6 is 15.9 Å². The van der Waals surface area contributed by atoms with Gasteiger partial charge in [0.2, 0.25) is 0 Å². The van der Waals surface area contributed by atoms with Crippen molar-refractivity contribution in [1.29, 1.82) is 0 Å². The largest absolute Gasteiger partial charge is 0.313 e. The van der Waals surface area contributed by atoms with Gasteiger partial charge in [0.1, 0.15) is 0 Å². The van der Waals surface area contributed by atoms with Gasteiger partial charge < -0.3 is 5.32 Å². The Balaban J connectivity index is 2.79. The second-order valence-corrected chi connectivity index (χ2v) is 5.83. The van der Waals surface area contributed by atoms with Gasteiger partial charge in [0, 0.05) is 10.5 Å². The Labute approximate surface area is 120 Å². The zero-order valence-electron chi connectivity index (χ0n) is 11.9. The number of benzene rings is 1. The van der Waals surface area contributed by atoms with Crippen molar-refractivity contribution in [1.82, 2.24) is 5.32 Å². The first-order valence-electron chi connectivity index (χ1n) is 7.21. The van der Waals surface area contributed by atoms with Gasteiger partial charge in [-0.05, 0) is 49.4 Å². The van der Waals surface area contributed by atoms with Gasteiger partial charge in [-0.2, -0.15) is 0 Å². The highest BCUT2D eigenvalue weighted by atomic mass is 79.9. The van der Waals surface area contributed by atoms with Gasteiger partial charge in [-0.25, -0.2) is 0 Å². The van der Waals surface area contributed by atoms with Crippen LogP contribution in [0.2, 0.25) is 0 Å². The molecule has 0 saturated heterocycles. The average molecular weight is 312 g/mol. The summed E-state index contributed by atoms with van der Waals surface area (Å²) in [6.07, 6.45) is 4.91. The van der Waals surface area contributed by atoms with Crippen molar-refractivity contribution in [3.63, 3.8) is 0 Å². The Morgan fingerprint density at radius 2 is 1.72 bits per heavy atom. The van der Waals surface area contributed by atoms with E-state index in [0.29, 0.717) is 12.0 Å². The monoisotopic (exact) mass is 311 g/mol. The van der Waals surface area contributed by atoms with E-state index in [1.807, 2.05) is 0 Å².